The maximum atomic E-state index is 12.4. The van der Waals surface area contributed by atoms with Crippen LogP contribution in [0, 0.1) is 0 Å². The number of carbonyl (C=O) groups is 1. The summed E-state index contributed by atoms with van der Waals surface area (Å²) in [5.41, 5.74) is 6.11. The third-order valence-corrected chi connectivity index (χ3v) is 2.71. The first-order valence-electron chi connectivity index (χ1n) is 6.08. The number of pyridine rings is 1. The summed E-state index contributed by atoms with van der Waals surface area (Å²) in [6.45, 7) is 5.30. The van der Waals surface area contributed by atoms with Crippen LogP contribution in [0.15, 0.2) is 24.5 Å². The molecule has 97 valence electrons. The zero-order valence-corrected chi connectivity index (χ0v) is 10.9. The number of likely N-dealkylation sites (N-methyl/N-ethyl adjacent to an activating group) is 1. The van der Waals surface area contributed by atoms with E-state index in [0.717, 1.165) is 5.56 Å². The third-order valence-electron chi connectivity index (χ3n) is 2.71. The average molecular weight is 248 g/mol. The summed E-state index contributed by atoms with van der Waals surface area (Å²) in [6.07, 6.45) is 3.34. The van der Waals surface area contributed by atoms with Gasteiger partial charge in [-0.15, -0.1) is 0 Å². The Balaban J connectivity index is 2.87. The molecule has 0 saturated heterocycles. The topological polar surface area (TPSA) is 68.5 Å². The summed E-state index contributed by atoms with van der Waals surface area (Å²) < 4.78 is 5.09. The standard InChI is InChI=1S/C12H19BN3O2/c1-3-16(4-2)12(17)11(13-18-9-14)10-6-5-7-15-8-10/h5-8,11H,3-4,9,14H2,1-2H3. The van der Waals surface area contributed by atoms with Gasteiger partial charge in [-0.2, -0.15) is 0 Å². The summed E-state index contributed by atoms with van der Waals surface area (Å²) in [6, 6.07) is 3.66. The highest BCUT2D eigenvalue weighted by Gasteiger charge is 2.26. The number of amides is 1. The molecule has 0 spiro atoms. The first kappa shape index (κ1) is 14.7. The van der Waals surface area contributed by atoms with Crippen LogP contribution in [0.25, 0.3) is 0 Å². The van der Waals surface area contributed by atoms with Crippen LogP contribution < -0.4 is 5.73 Å². The second-order valence-corrected chi connectivity index (χ2v) is 3.74. The van der Waals surface area contributed by atoms with E-state index in [4.69, 9.17) is 10.4 Å². The Hall–Kier alpha value is -1.40. The number of rotatable bonds is 7. The second kappa shape index (κ2) is 7.84. The van der Waals surface area contributed by atoms with Gasteiger partial charge in [-0.05, 0) is 25.5 Å². The lowest BCUT2D eigenvalue weighted by Gasteiger charge is -2.24. The zero-order valence-electron chi connectivity index (χ0n) is 10.9. The molecule has 1 heterocycles. The summed E-state index contributed by atoms with van der Waals surface area (Å²) >= 11 is 0. The molecule has 1 amide bonds. The molecule has 0 aromatic carbocycles. The molecule has 1 atom stereocenters. The molecule has 1 unspecified atom stereocenters. The maximum absolute atomic E-state index is 12.4. The van der Waals surface area contributed by atoms with Crippen LogP contribution in [0.5, 0.6) is 0 Å². The van der Waals surface area contributed by atoms with Crippen LogP contribution in [0.4, 0.5) is 0 Å². The molecular weight excluding hydrogens is 229 g/mol. The fraction of sp³-hybridized carbons (Fsp3) is 0.500. The lowest BCUT2D eigenvalue weighted by molar-refractivity contribution is -0.130. The fourth-order valence-electron chi connectivity index (χ4n) is 1.72. The molecule has 1 aromatic rings. The van der Waals surface area contributed by atoms with Crippen LogP contribution in [0.1, 0.15) is 25.2 Å². The predicted molar refractivity (Wildman–Crippen MR) is 70.8 cm³/mol. The monoisotopic (exact) mass is 248 g/mol. The number of nitrogens with two attached hydrogens (primary N) is 1. The molecule has 0 fully saturated rings. The Morgan fingerprint density at radius 2 is 2.28 bits per heavy atom. The van der Waals surface area contributed by atoms with E-state index in [1.165, 1.54) is 7.48 Å². The van der Waals surface area contributed by atoms with Crippen molar-refractivity contribution in [3.63, 3.8) is 0 Å². The average Bonchev–Trinajstić information content (AvgIpc) is 2.42. The van der Waals surface area contributed by atoms with Gasteiger partial charge in [0.1, 0.15) is 0 Å². The van der Waals surface area contributed by atoms with Gasteiger partial charge in [-0.3, -0.25) is 9.78 Å². The highest BCUT2D eigenvalue weighted by atomic mass is 16.4. The highest BCUT2D eigenvalue weighted by Crippen LogP contribution is 2.16. The predicted octanol–water partition coefficient (Wildman–Crippen LogP) is 0.543. The van der Waals surface area contributed by atoms with Crippen molar-refractivity contribution in [3.8, 4) is 0 Å². The quantitative estimate of drug-likeness (QED) is 0.565. The van der Waals surface area contributed by atoms with Gasteiger partial charge in [0.2, 0.25) is 5.91 Å². The van der Waals surface area contributed by atoms with Gasteiger partial charge in [0, 0.05) is 25.5 Å². The molecule has 1 radical (unpaired) electrons. The summed E-state index contributed by atoms with van der Waals surface area (Å²) in [4.78, 5) is 18.1. The summed E-state index contributed by atoms with van der Waals surface area (Å²) in [5, 5.41) is 0. The van der Waals surface area contributed by atoms with Gasteiger partial charge in [-0.25, -0.2) is 0 Å². The molecule has 0 aliphatic heterocycles. The highest BCUT2D eigenvalue weighted by molar-refractivity contribution is 6.37. The van der Waals surface area contributed by atoms with Gasteiger partial charge in [0.25, 0.3) is 0 Å². The molecule has 1 aromatic heterocycles. The van der Waals surface area contributed by atoms with Crippen LogP contribution in [0.3, 0.4) is 0 Å². The molecule has 0 saturated carbocycles. The van der Waals surface area contributed by atoms with Crippen LogP contribution in [0.2, 0.25) is 0 Å². The van der Waals surface area contributed by atoms with Crippen LogP contribution in [-0.4, -0.2) is 43.1 Å². The Labute approximate surface area is 109 Å². The van der Waals surface area contributed by atoms with Crippen molar-refractivity contribution in [2.75, 3.05) is 19.8 Å². The molecule has 6 heteroatoms. The van der Waals surface area contributed by atoms with Gasteiger partial charge in [-0.1, -0.05) is 6.07 Å². The van der Waals surface area contributed by atoms with Crippen molar-refractivity contribution in [1.29, 1.82) is 0 Å². The molecule has 18 heavy (non-hydrogen) atoms. The van der Waals surface area contributed by atoms with E-state index in [2.05, 4.69) is 4.98 Å². The van der Waals surface area contributed by atoms with E-state index in [9.17, 15) is 4.79 Å². The molecule has 0 bridgehead atoms. The van der Waals surface area contributed by atoms with E-state index >= 15 is 0 Å². The lowest BCUT2D eigenvalue weighted by Crippen LogP contribution is -2.38. The van der Waals surface area contributed by atoms with Gasteiger partial charge < -0.3 is 15.3 Å². The maximum Gasteiger partial charge on any atom is 0.312 e. The van der Waals surface area contributed by atoms with Crippen molar-refractivity contribution in [3.05, 3.63) is 30.1 Å². The number of carbonyl (C=O) groups excluding carboxylic acids is 1. The molecule has 2 N–H and O–H groups in total. The fourth-order valence-corrected chi connectivity index (χ4v) is 1.72. The number of hydrogen-bond acceptors (Lipinski definition) is 4. The normalized spacial score (nSPS) is 11.9. The van der Waals surface area contributed by atoms with E-state index in [1.807, 2.05) is 19.9 Å². The van der Waals surface area contributed by atoms with Crippen LogP contribution >= 0.6 is 0 Å². The Morgan fingerprint density at radius 3 is 2.78 bits per heavy atom. The molecular formula is C12H19BN3O2. The molecule has 1 rings (SSSR count). The van der Waals surface area contributed by atoms with Crippen molar-refractivity contribution >= 4 is 13.4 Å². The Kier molecular flexibility index (Phi) is 6.39. The van der Waals surface area contributed by atoms with Crippen molar-refractivity contribution in [1.82, 2.24) is 9.88 Å². The minimum atomic E-state index is -0.456. The first-order chi connectivity index (χ1) is 8.74. The van der Waals surface area contributed by atoms with E-state index in [-0.39, 0.29) is 12.6 Å². The Morgan fingerprint density at radius 1 is 1.56 bits per heavy atom. The Bertz CT molecular complexity index is 358. The number of hydrogen-bond donors (Lipinski definition) is 1. The van der Waals surface area contributed by atoms with Crippen LogP contribution in [-0.2, 0) is 9.45 Å². The number of nitrogens with zero attached hydrogens (tertiary/aromatic N) is 2. The number of aromatic nitrogens is 1. The van der Waals surface area contributed by atoms with Gasteiger partial charge >= 0.3 is 7.48 Å². The van der Waals surface area contributed by atoms with Crippen molar-refractivity contribution < 1.29 is 9.45 Å². The first-order valence-corrected chi connectivity index (χ1v) is 6.08. The van der Waals surface area contributed by atoms with E-state index in [0.29, 0.717) is 13.1 Å². The van der Waals surface area contributed by atoms with E-state index < -0.39 is 5.82 Å². The lowest BCUT2D eigenvalue weighted by atomic mass is 9.74. The SMILES string of the molecule is CCN(CC)C(=O)C([B]OCN)c1cccnc1. The summed E-state index contributed by atoms with van der Waals surface area (Å²) in [5.74, 6) is -0.455. The van der Waals surface area contributed by atoms with Crippen molar-refractivity contribution in [2.24, 2.45) is 5.73 Å². The van der Waals surface area contributed by atoms with Gasteiger partial charge in [0.05, 0.1) is 12.5 Å². The largest absolute Gasteiger partial charge is 0.427 e. The minimum Gasteiger partial charge on any atom is -0.427 e. The van der Waals surface area contributed by atoms with Gasteiger partial charge in [0.15, 0.2) is 0 Å². The van der Waals surface area contributed by atoms with E-state index in [1.54, 1.807) is 23.4 Å². The summed E-state index contributed by atoms with van der Waals surface area (Å²) in [7, 11) is 1.48. The second-order valence-electron chi connectivity index (χ2n) is 3.74. The zero-order chi connectivity index (χ0) is 13.4. The minimum absolute atomic E-state index is 0.00134. The molecule has 0 aliphatic rings. The molecule has 0 aliphatic carbocycles. The van der Waals surface area contributed by atoms with Crippen molar-refractivity contribution in [2.45, 2.75) is 19.7 Å². The smallest absolute Gasteiger partial charge is 0.312 e. The third kappa shape index (κ3) is 3.82. The molecule has 5 nitrogen and oxygen atoms in total.